The molecule has 9 heteroatoms. The zero-order valence-electron chi connectivity index (χ0n) is 12.2. The number of benzene rings is 1. The van der Waals surface area contributed by atoms with Crippen LogP contribution in [0.1, 0.15) is 12.5 Å². The molecule has 1 heterocycles. The summed E-state index contributed by atoms with van der Waals surface area (Å²) in [6, 6.07) is 6.03. The van der Waals surface area contributed by atoms with E-state index in [0.29, 0.717) is 16.3 Å². The van der Waals surface area contributed by atoms with E-state index in [1.54, 1.807) is 19.1 Å². The Bertz CT molecular complexity index is 702. The van der Waals surface area contributed by atoms with Crippen molar-refractivity contribution >= 4 is 16.0 Å². The van der Waals surface area contributed by atoms with Gasteiger partial charge in [-0.2, -0.15) is 17.5 Å². The lowest BCUT2D eigenvalue weighted by Gasteiger charge is -2.19. The Morgan fingerprint density at radius 2 is 1.91 bits per heavy atom. The fourth-order valence-electron chi connectivity index (χ4n) is 2.73. The Hall–Kier alpha value is -1.61. The van der Waals surface area contributed by atoms with Gasteiger partial charge in [0, 0.05) is 13.1 Å². The molecule has 0 bridgehead atoms. The summed E-state index contributed by atoms with van der Waals surface area (Å²) in [5.41, 5.74) is 0.481. The Balaban J connectivity index is 2.40. The second-order valence-electron chi connectivity index (χ2n) is 5.38. The highest BCUT2D eigenvalue weighted by Crippen LogP contribution is 2.39. The number of aryl methyl sites for hydroxylation is 1. The lowest BCUT2D eigenvalue weighted by molar-refractivity contribution is -0.187. The van der Waals surface area contributed by atoms with E-state index in [1.807, 2.05) is 0 Å². The van der Waals surface area contributed by atoms with Crippen LogP contribution in [0.3, 0.4) is 0 Å². The third kappa shape index (κ3) is 3.35. The molecule has 0 unspecified atom stereocenters. The number of carbonyl (C=O) groups is 1. The normalized spacial score (nSPS) is 23.1. The number of sulfonamides is 1. The third-order valence-electron chi connectivity index (χ3n) is 4.00. The standard InChI is InChI=1S/C14H16F3NO4S/c1-2-9-5-3-4-6-12(9)23(21,22)18-7-10(13(19)20)11(8-18)14(15,16)17/h3-6,10-11H,2,7-8H2,1H3,(H,19,20)/t10-,11-/m1/s1. The molecule has 1 aromatic rings. The van der Waals surface area contributed by atoms with Crippen molar-refractivity contribution in [3.05, 3.63) is 29.8 Å². The SMILES string of the molecule is CCc1ccccc1S(=O)(=O)N1C[C@@H](C(F)(F)F)[C@H](C(=O)O)C1. The van der Waals surface area contributed by atoms with Crippen LogP contribution in [0.5, 0.6) is 0 Å². The van der Waals surface area contributed by atoms with Crippen LogP contribution in [0, 0.1) is 11.8 Å². The van der Waals surface area contributed by atoms with Crippen molar-refractivity contribution < 1.29 is 31.5 Å². The molecule has 2 atom stereocenters. The van der Waals surface area contributed by atoms with Crippen molar-refractivity contribution in [3.63, 3.8) is 0 Å². The van der Waals surface area contributed by atoms with Gasteiger partial charge in [0.25, 0.3) is 0 Å². The molecule has 1 aliphatic heterocycles. The highest BCUT2D eigenvalue weighted by atomic mass is 32.2. The number of nitrogens with zero attached hydrogens (tertiary/aromatic N) is 1. The zero-order valence-corrected chi connectivity index (χ0v) is 13.1. The first-order valence-electron chi connectivity index (χ1n) is 6.96. The van der Waals surface area contributed by atoms with Crippen LogP contribution >= 0.6 is 0 Å². The summed E-state index contributed by atoms with van der Waals surface area (Å²) in [4.78, 5) is 11.0. The van der Waals surface area contributed by atoms with E-state index >= 15 is 0 Å². The summed E-state index contributed by atoms with van der Waals surface area (Å²) in [6.45, 7) is 0.178. The number of carboxylic acid groups (broad SMARTS) is 1. The Morgan fingerprint density at radius 1 is 1.30 bits per heavy atom. The van der Waals surface area contributed by atoms with Crippen molar-refractivity contribution in [1.29, 1.82) is 0 Å². The van der Waals surface area contributed by atoms with Crippen LogP contribution in [0.15, 0.2) is 29.2 Å². The third-order valence-corrected chi connectivity index (χ3v) is 5.93. The molecule has 1 aromatic carbocycles. The summed E-state index contributed by atoms with van der Waals surface area (Å²) in [7, 11) is -4.17. The Labute approximate surface area is 131 Å². The minimum Gasteiger partial charge on any atom is -0.481 e. The summed E-state index contributed by atoms with van der Waals surface area (Å²) in [5.74, 6) is -5.64. The molecule has 0 radical (unpaired) electrons. The molecule has 128 valence electrons. The molecular formula is C14H16F3NO4S. The Morgan fingerprint density at radius 3 is 2.39 bits per heavy atom. The molecule has 1 aliphatic rings. The zero-order chi connectivity index (χ0) is 17.4. The maximum atomic E-state index is 13.0. The fraction of sp³-hybridized carbons (Fsp3) is 0.500. The summed E-state index contributed by atoms with van der Waals surface area (Å²) in [5, 5.41) is 8.98. The fourth-order valence-corrected chi connectivity index (χ4v) is 4.52. The predicted octanol–water partition coefficient (Wildman–Crippen LogP) is 2.13. The molecule has 1 N–H and O–H groups in total. The molecule has 2 rings (SSSR count). The lowest BCUT2D eigenvalue weighted by Crippen LogP contribution is -2.34. The van der Waals surface area contributed by atoms with Crippen LogP contribution in [0.4, 0.5) is 13.2 Å². The monoisotopic (exact) mass is 351 g/mol. The molecule has 0 aliphatic carbocycles. The van der Waals surface area contributed by atoms with E-state index in [2.05, 4.69) is 0 Å². The highest BCUT2D eigenvalue weighted by molar-refractivity contribution is 7.89. The topological polar surface area (TPSA) is 74.7 Å². The Kier molecular flexibility index (Phi) is 4.72. The van der Waals surface area contributed by atoms with Gasteiger partial charge in [-0.1, -0.05) is 25.1 Å². The average molecular weight is 351 g/mol. The molecule has 1 fully saturated rings. The first-order chi connectivity index (χ1) is 10.6. The summed E-state index contributed by atoms with van der Waals surface area (Å²) >= 11 is 0. The molecule has 23 heavy (non-hydrogen) atoms. The van der Waals surface area contributed by atoms with Crippen LogP contribution in [0.2, 0.25) is 0 Å². The minimum absolute atomic E-state index is 0.0746. The molecule has 0 spiro atoms. The minimum atomic E-state index is -4.77. The van der Waals surface area contributed by atoms with Crippen LogP contribution in [-0.2, 0) is 21.2 Å². The van der Waals surface area contributed by atoms with Gasteiger partial charge in [0.05, 0.1) is 16.7 Å². The van der Waals surface area contributed by atoms with E-state index in [0.717, 1.165) is 0 Å². The quantitative estimate of drug-likeness (QED) is 0.902. The summed E-state index contributed by atoms with van der Waals surface area (Å²) in [6.07, 6.45) is -4.37. The number of alkyl halides is 3. The molecule has 0 aromatic heterocycles. The second-order valence-corrected chi connectivity index (χ2v) is 7.28. The molecule has 0 saturated carbocycles. The van der Waals surface area contributed by atoms with Gasteiger partial charge in [0.2, 0.25) is 10.0 Å². The van der Waals surface area contributed by atoms with Gasteiger partial charge < -0.3 is 5.11 Å². The average Bonchev–Trinajstić information content (AvgIpc) is 2.93. The van der Waals surface area contributed by atoms with Gasteiger partial charge in [0.15, 0.2) is 0 Å². The molecular weight excluding hydrogens is 335 g/mol. The van der Waals surface area contributed by atoms with Crippen LogP contribution < -0.4 is 0 Å². The number of halogens is 3. The van der Waals surface area contributed by atoms with E-state index in [9.17, 15) is 26.4 Å². The number of hydrogen-bond donors (Lipinski definition) is 1. The largest absolute Gasteiger partial charge is 0.481 e. The lowest BCUT2D eigenvalue weighted by atomic mass is 9.96. The first-order valence-corrected chi connectivity index (χ1v) is 8.40. The van der Waals surface area contributed by atoms with Crippen molar-refractivity contribution in [1.82, 2.24) is 4.31 Å². The van der Waals surface area contributed by atoms with Crippen LogP contribution in [-0.4, -0.2) is 43.1 Å². The highest BCUT2D eigenvalue weighted by Gasteiger charge is 2.55. The molecule has 0 amide bonds. The maximum Gasteiger partial charge on any atom is 0.393 e. The van der Waals surface area contributed by atoms with E-state index in [-0.39, 0.29) is 4.90 Å². The van der Waals surface area contributed by atoms with Gasteiger partial charge >= 0.3 is 12.1 Å². The predicted molar refractivity (Wildman–Crippen MR) is 75.2 cm³/mol. The van der Waals surface area contributed by atoms with Gasteiger partial charge in [-0.15, -0.1) is 0 Å². The van der Waals surface area contributed by atoms with Crippen molar-refractivity contribution in [3.8, 4) is 0 Å². The van der Waals surface area contributed by atoms with Gasteiger partial charge in [-0.25, -0.2) is 8.42 Å². The van der Waals surface area contributed by atoms with Crippen molar-refractivity contribution in [2.45, 2.75) is 24.4 Å². The van der Waals surface area contributed by atoms with Gasteiger partial charge in [-0.3, -0.25) is 4.79 Å². The van der Waals surface area contributed by atoms with E-state index < -0.39 is 47.1 Å². The van der Waals surface area contributed by atoms with E-state index in [1.165, 1.54) is 12.1 Å². The van der Waals surface area contributed by atoms with Crippen LogP contribution in [0.25, 0.3) is 0 Å². The van der Waals surface area contributed by atoms with E-state index in [4.69, 9.17) is 5.11 Å². The number of rotatable bonds is 4. The molecule has 5 nitrogen and oxygen atoms in total. The van der Waals surface area contributed by atoms with Gasteiger partial charge in [-0.05, 0) is 18.1 Å². The number of carboxylic acids is 1. The second kappa shape index (κ2) is 6.12. The number of aliphatic carboxylic acids is 1. The first kappa shape index (κ1) is 17.7. The number of hydrogen-bond acceptors (Lipinski definition) is 3. The maximum absolute atomic E-state index is 13.0. The summed E-state index contributed by atoms with van der Waals surface area (Å²) < 4.78 is 64.9. The molecule has 1 saturated heterocycles. The van der Waals surface area contributed by atoms with Crippen molar-refractivity contribution in [2.24, 2.45) is 11.8 Å². The van der Waals surface area contributed by atoms with Gasteiger partial charge in [0.1, 0.15) is 0 Å². The smallest absolute Gasteiger partial charge is 0.393 e. The van der Waals surface area contributed by atoms with Crippen molar-refractivity contribution in [2.75, 3.05) is 13.1 Å².